The van der Waals surface area contributed by atoms with Gasteiger partial charge in [-0.25, -0.2) is 4.68 Å². The zero-order valence-electron chi connectivity index (χ0n) is 14.7. The Bertz CT molecular complexity index is 1090. The Morgan fingerprint density at radius 1 is 1.04 bits per heavy atom. The first-order chi connectivity index (χ1) is 13.1. The van der Waals surface area contributed by atoms with Gasteiger partial charge in [0.25, 0.3) is 5.91 Å². The van der Waals surface area contributed by atoms with Crippen molar-refractivity contribution >= 4 is 22.6 Å². The van der Waals surface area contributed by atoms with Gasteiger partial charge in [-0.15, -0.1) is 5.10 Å². The quantitative estimate of drug-likeness (QED) is 0.587. The van der Waals surface area contributed by atoms with Gasteiger partial charge in [-0.1, -0.05) is 41.1 Å². The number of aromatic nitrogens is 5. The van der Waals surface area contributed by atoms with E-state index in [2.05, 4.69) is 25.0 Å². The number of benzene rings is 2. The number of hydrogen-bond acceptors (Lipinski definition) is 6. The monoisotopic (exact) mass is 376 g/mol. The van der Waals surface area contributed by atoms with E-state index >= 15 is 0 Å². The van der Waals surface area contributed by atoms with Crippen molar-refractivity contribution in [2.45, 2.75) is 13.8 Å². The molecule has 0 unspecified atom stereocenters. The number of hydrogen-bond donors (Lipinski definition) is 1. The molecule has 0 spiro atoms. The number of aryl methyl sites for hydroxylation is 1. The molecule has 0 fully saturated rings. The Labute approximate surface area is 159 Å². The number of amides is 1. The highest BCUT2D eigenvalue weighted by molar-refractivity contribution is 7.10. The molecule has 0 aliphatic carbocycles. The second kappa shape index (κ2) is 7.08. The summed E-state index contributed by atoms with van der Waals surface area (Å²) in [6.07, 6.45) is 0. The second-order valence-electron chi connectivity index (χ2n) is 6.01. The maximum atomic E-state index is 12.3. The van der Waals surface area contributed by atoms with Crippen LogP contribution in [0.25, 0.3) is 17.2 Å². The van der Waals surface area contributed by atoms with E-state index in [4.69, 9.17) is 0 Å². The molecule has 4 aromatic rings. The summed E-state index contributed by atoms with van der Waals surface area (Å²) in [5.74, 6) is 0.223. The van der Waals surface area contributed by atoms with Crippen molar-refractivity contribution in [2.75, 3.05) is 5.32 Å². The van der Waals surface area contributed by atoms with Crippen LogP contribution < -0.4 is 5.32 Å². The summed E-state index contributed by atoms with van der Waals surface area (Å²) in [7, 11) is 0. The highest BCUT2D eigenvalue weighted by Gasteiger charge is 2.17. The fraction of sp³-hybridized carbons (Fsp3) is 0.105. The van der Waals surface area contributed by atoms with Gasteiger partial charge in [0.15, 0.2) is 11.5 Å². The molecular formula is C19H16N6OS. The molecule has 0 radical (unpaired) electrons. The lowest BCUT2D eigenvalue weighted by molar-refractivity contribution is 0.102. The lowest BCUT2D eigenvalue weighted by Crippen LogP contribution is -2.11. The number of para-hydroxylation sites is 1. The summed E-state index contributed by atoms with van der Waals surface area (Å²) in [5, 5.41) is 11.6. The highest BCUT2D eigenvalue weighted by atomic mass is 32.1. The Kier molecular flexibility index (Phi) is 4.47. The van der Waals surface area contributed by atoms with Crippen LogP contribution in [-0.4, -0.2) is 30.3 Å². The van der Waals surface area contributed by atoms with E-state index in [1.54, 1.807) is 16.8 Å². The first-order valence-electron chi connectivity index (χ1n) is 8.31. The van der Waals surface area contributed by atoms with Gasteiger partial charge >= 0.3 is 0 Å². The van der Waals surface area contributed by atoms with Gasteiger partial charge in [-0.05, 0) is 38.1 Å². The summed E-state index contributed by atoms with van der Waals surface area (Å²) >= 11 is 1.11. The average molecular weight is 376 g/mol. The zero-order valence-corrected chi connectivity index (χ0v) is 15.6. The van der Waals surface area contributed by atoms with Crippen LogP contribution in [0.15, 0.2) is 54.6 Å². The third kappa shape index (κ3) is 3.47. The van der Waals surface area contributed by atoms with Crippen LogP contribution in [0.5, 0.6) is 0 Å². The SMILES string of the molecule is Cc1ccc(C(=O)Nc2nc(-c3nnn(-c4ccccc4)c3C)ns2)cc1. The Morgan fingerprint density at radius 3 is 2.52 bits per heavy atom. The maximum Gasteiger partial charge on any atom is 0.257 e. The van der Waals surface area contributed by atoms with Gasteiger partial charge in [-0.2, -0.15) is 9.36 Å². The van der Waals surface area contributed by atoms with Crippen LogP contribution in [0.4, 0.5) is 5.13 Å². The van der Waals surface area contributed by atoms with Gasteiger partial charge in [0.05, 0.1) is 11.4 Å². The van der Waals surface area contributed by atoms with Crippen molar-refractivity contribution in [1.29, 1.82) is 0 Å². The molecule has 7 nitrogen and oxygen atoms in total. The maximum absolute atomic E-state index is 12.3. The minimum atomic E-state index is -0.220. The number of nitrogens with zero attached hydrogens (tertiary/aromatic N) is 5. The number of rotatable bonds is 4. The zero-order chi connectivity index (χ0) is 18.8. The van der Waals surface area contributed by atoms with Crippen LogP contribution in [0.3, 0.4) is 0 Å². The van der Waals surface area contributed by atoms with E-state index in [0.29, 0.717) is 22.2 Å². The molecular weight excluding hydrogens is 360 g/mol. The fourth-order valence-electron chi connectivity index (χ4n) is 2.59. The van der Waals surface area contributed by atoms with Crippen molar-refractivity contribution in [3.8, 4) is 17.2 Å². The molecule has 0 aliphatic heterocycles. The average Bonchev–Trinajstić information content (AvgIpc) is 3.29. The van der Waals surface area contributed by atoms with E-state index in [1.165, 1.54) is 0 Å². The summed E-state index contributed by atoms with van der Waals surface area (Å²) in [6.45, 7) is 3.89. The normalized spacial score (nSPS) is 10.7. The van der Waals surface area contributed by atoms with Crippen LogP contribution >= 0.6 is 11.5 Å². The van der Waals surface area contributed by atoms with Crippen molar-refractivity contribution in [3.05, 3.63) is 71.4 Å². The molecule has 2 aromatic carbocycles. The minimum absolute atomic E-state index is 0.220. The Balaban J connectivity index is 1.55. The first kappa shape index (κ1) is 17.0. The molecule has 0 atom stereocenters. The number of carbonyl (C=O) groups excluding carboxylic acids is 1. The first-order valence-corrected chi connectivity index (χ1v) is 9.09. The van der Waals surface area contributed by atoms with Gasteiger partial charge in [0.2, 0.25) is 5.13 Å². The number of carbonyl (C=O) groups is 1. The second-order valence-corrected chi connectivity index (χ2v) is 6.77. The summed E-state index contributed by atoms with van der Waals surface area (Å²) in [4.78, 5) is 16.7. The molecule has 0 bridgehead atoms. The molecule has 0 saturated carbocycles. The largest absolute Gasteiger partial charge is 0.297 e. The van der Waals surface area contributed by atoms with E-state index in [9.17, 15) is 4.79 Å². The number of nitrogens with one attached hydrogen (secondary N) is 1. The van der Waals surface area contributed by atoms with Crippen LogP contribution in [0.2, 0.25) is 0 Å². The van der Waals surface area contributed by atoms with Crippen molar-refractivity contribution in [1.82, 2.24) is 24.4 Å². The van der Waals surface area contributed by atoms with E-state index in [1.807, 2.05) is 56.3 Å². The van der Waals surface area contributed by atoms with Crippen molar-refractivity contribution in [2.24, 2.45) is 0 Å². The summed E-state index contributed by atoms with van der Waals surface area (Å²) in [6, 6.07) is 17.1. The molecule has 0 aliphatic rings. The summed E-state index contributed by atoms with van der Waals surface area (Å²) in [5.41, 5.74) is 4.00. The van der Waals surface area contributed by atoms with Gasteiger partial charge in [-0.3, -0.25) is 10.1 Å². The molecule has 134 valence electrons. The van der Waals surface area contributed by atoms with Crippen molar-refractivity contribution in [3.63, 3.8) is 0 Å². The van der Waals surface area contributed by atoms with Crippen LogP contribution in [-0.2, 0) is 0 Å². The third-order valence-corrected chi connectivity index (χ3v) is 4.70. The molecule has 8 heteroatoms. The minimum Gasteiger partial charge on any atom is -0.297 e. The molecule has 2 heterocycles. The molecule has 2 aromatic heterocycles. The van der Waals surface area contributed by atoms with Crippen molar-refractivity contribution < 1.29 is 4.79 Å². The molecule has 1 amide bonds. The van der Waals surface area contributed by atoms with Gasteiger partial charge in [0, 0.05) is 17.1 Å². The molecule has 0 saturated heterocycles. The third-order valence-electron chi connectivity index (χ3n) is 4.07. The molecule has 1 N–H and O–H groups in total. The van der Waals surface area contributed by atoms with E-state index < -0.39 is 0 Å². The van der Waals surface area contributed by atoms with Gasteiger partial charge < -0.3 is 0 Å². The smallest absolute Gasteiger partial charge is 0.257 e. The predicted octanol–water partition coefficient (Wildman–Crippen LogP) is 3.65. The number of anilines is 1. The van der Waals surface area contributed by atoms with Gasteiger partial charge in [0.1, 0.15) is 0 Å². The molecule has 27 heavy (non-hydrogen) atoms. The van der Waals surface area contributed by atoms with Crippen LogP contribution in [0.1, 0.15) is 21.6 Å². The van der Waals surface area contributed by atoms with E-state index in [-0.39, 0.29) is 5.91 Å². The standard InChI is InChI=1S/C19H16N6OS/c1-12-8-10-14(11-9-12)18(26)21-19-20-17(23-27-19)16-13(2)25(24-22-16)15-6-4-3-5-7-15/h3-11H,1-2H3,(H,20,21,23,26). The molecule has 4 rings (SSSR count). The highest BCUT2D eigenvalue weighted by Crippen LogP contribution is 2.24. The van der Waals surface area contributed by atoms with Crippen LogP contribution in [0, 0.1) is 13.8 Å². The van der Waals surface area contributed by atoms with E-state index in [0.717, 1.165) is 28.5 Å². The Morgan fingerprint density at radius 2 is 1.78 bits per heavy atom. The predicted molar refractivity (Wildman–Crippen MR) is 104 cm³/mol. The fourth-order valence-corrected chi connectivity index (χ4v) is 3.16. The lowest BCUT2D eigenvalue weighted by atomic mass is 10.1. The topological polar surface area (TPSA) is 85.6 Å². The summed E-state index contributed by atoms with van der Waals surface area (Å²) < 4.78 is 6.05. The Hall–Kier alpha value is -3.39. The lowest BCUT2D eigenvalue weighted by Gasteiger charge is -2.02.